The van der Waals surface area contributed by atoms with E-state index in [4.69, 9.17) is 0 Å². The summed E-state index contributed by atoms with van der Waals surface area (Å²) >= 11 is 0. The molecule has 0 atom stereocenters. The van der Waals surface area contributed by atoms with E-state index in [9.17, 15) is 9.59 Å². The van der Waals surface area contributed by atoms with Gasteiger partial charge in [-0.05, 0) is 38.0 Å². The van der Waals surface area contributed by atoms with Gasteiger partial charge in [0.05, 0.1) is 0 Å². The lowest BCUT2D eigenvalue weighted by Gasteiger charge is -2.32. The maximum atomic E-state index is 11.8. The van der Waals surface area contributed by atoms with Crippen molar-refractivity contribution in [1.82, 2.24) is 5.32 Å². The first-order chi connectivity index (χ1) is 7.52. The Bertz CT molecular complexity index is 452. The second kappa shape index (κ2) is 3.63. The number of rotatable bonds is 2. The molecule has 0 saturated carbocycles. The topological polar surface area (TPSA) is 58.2 Å². The van der Waals surface area contributed by atoms with Gasteiger partial charge in [0.25, 0.3) is 5.91 Å². The SMILES string of the molecule is CC1(C)Cc2ccc(NC=O)cc2C(=O)N1. The quantitative estimate of drug-likeness (QED) is 0.735. The molecule has 1 aromatic carbocycles. The van der Waals surface area contributed by atoms with Gasteiger partial charge in [-0.2, -0.15) is 0 Å². The maximum Gasteiger partial charge on any atom is 0.252 e. The summed E-state index contributed by atoms with van der Waals surface area (Å²) in [7, 11) is 0. The van der Waals surface area contributed by atoms with Crippen LogP contribution >= 0.6 is 0 Å². The Balaban J connectivity index is 2.41. The Morgan fingerprint density at radius 1 is 1.44 bits per heavy atom. The fourth-order valence-electron chi connectivity index (χ4n) is 1.99. The molecule has 2 rings (SSSR count). The molecule has 1 aromatic rings. The second-order valence-electron chi connectivity index (χ2n) is 4.65. The monoisotopic (exact) mass is 218 g/mol. The number of benzene rings is 1. The van der Waals surface area contributed by atoms with Gasteiger partial charge < -0.3 is 10.6 Å². The number of amides is 2. The number of carbonyl (C=O) groups excluding carboxylic acids is 2. The largest absolute Gasteiger partial charge is 0.347 e. The Labute approximate surface area is 94.0 Å². The van der Waals surface area contributed by atoms with Crippen LogP contribution in [0.3, 0.4) is 0 Å². The minimum absolute atomic E-state index is 0.0826. The molecule has 0 fully saturated rings. The molecular weight excluding hydrogens is 204 g/mol. The molecule has 84 valence electrons. The molecule has 1 heterocycles. The van der Waals surface area contributed by atoms with Crippen LogP contribution in [0.2, 0.25) is 0 Å². The van der Waals surface area contributed by atoms with Gasteiger partial charge in [-0.25, -0.2) is 0 Å². The number of nitrogens with one attached hydrogen (secondary N) is 2. The molecule has 0 saturated heterocycles. The average Bonchev–Trinajstić information content (AvgIpc) is 2.18. The molecule has 0 spiro atoms. The highest BCUT2D eigenvalue weighted by Gasteiger charge is 2.29. The van der Waals surface area contributed by atoms with Crippen LogP contribution in [0.25, 0.3) is 0 Å². The van der Waals surface area contributed by atoms with Gasteiger partial charge >= 0.3 is 0 Å². The molecule has 1 aliphatic heterocycles. The molecular formula is C12H14N2O2. The van der Waals surface area contributed by atoms with Crippen LogP contribution < -0.4 is 10.6 Å². The third-order valence-corrected chi connectivity index (χ3v) is 2.66. The van der Waals surface area contributed by atoms with E-state index in [2.05, 4.69) is 10.6 Å². The van der Waals surface area contributed by atoms with Crippen LogP contribution in [0.15, 0.2) is 18.2 Å². The first-order valence-corrected chi connectivity index (χ1v) is 5.17. The molecule has 0 radical (unpaired) electrons. The third kappa shape index (κ3) is 1.91. The van der Waals surface area contributed by atoms with E-state index < -0.39 is 0 Å². The Hall–Kier alpha value is -1.84. The third-order valence-electron chi connectivity index (χ3n) is 2.66. The van der Waals surface area contributed by atoms with E-state index in [1.807, 2.05) is 26.0 Å². The van der Waals surface area contributed by atoms with Crippen molar-refractivity contribution in [2.45, 2.75) is 25.8 Å². The van der Waals surface area contributed by atoms with Crippen molar-refractivity contribution in [3.8, 4) is 0 Å². The maximum absolute atomic E-state index is 11.8. The zero-order chi connectivity index (χ0) is 11.8. The molecule has 2 amide bonds. The Morgan fingerprint density at radius 2 is 2.19 bits per heavy atom. The van der Waals surface area contributed by atoms with Crippen LogP contribution in [-0.4, -0.2) is 17.9 Å². The van der Waals surface area contributed by atoms with Crippen molar-refractivity contribution in [3.63, 3.8) is 0 Å². The van der Waals surface area contributed by atoms with Crippen molar-refractivity contribution in [2.24, 2.45) is 0 Å². The highest BCUT2D eigenvalue weighted by Crippen LogP contribution is 2.25. The number of hydrogen-bond donors (Lipinski definition) is 2. The van der Waals surface area contributed by atoms with E-state index >= 15 is 0 Å². The highest BCUT2D eigenvalue weighted by molar-refractivity contribution is 5.98. The minimum Gasteiger partial charge on any atom is -0.347 e. The summed E-state index contributed by atoms with van der Waals surface area (Å²) in [5, 5.41) is 5.46. The van der Waals surface area contributed by atoms with Crippen LogP contribution in [0.1, 0.15) is 29.8 Å². The fraction of sp³-hybridized carbons (Fsp3) is 0.333. The summed E-state index contributed by atoms with van der Waals surface area (Å²) in [6.45, 7) is 3.98. The molecule has 16 heavy (non-hydrogen) atoms. The first-order valence-electron chi connectivity index (χ1n) is 5.17. The van der Waals surface area contributed by atoms with E-state index in [1.54, 1.807) is 6.07 Å². The predicted molar refractivity (Wildman–Crippen MR) is 61.4 cm³/mol. The first kappa shape index (κ1) is 10.7. The van der Waals surface area contributed by atoms with Gasteiger partial charge in [0.15, 0.2) is 0 Å². The van der Waals surface area contributed by atoms with Gasteiger partial charge in [0.1, 0.15) is 0 Å². The zero-order valence-electron chi connectivity index (χ0n) is 9.33. The van der Waals surface area contributed by atoms with Gasteiger partial charge in [-0.3, -0.25) is 9.59 Å². The zero-order valence-corrected chi connectivity index (χ0v) is 9.33. The van der Waals surface area contributed by atoms with Crippen molar-refractivity contribution < 1.29 is 9.59 Å². The van der Waals surface area contributed by atoms with Crippen LogP contribution in [0.4, 0.5) is 5.69 Å². The number of fused-ring (bicyclic) bond motifs is 1. The van der Waals surface area contributed by atoms with E-state index in [-0.39, 0.29) is 11.4 Å². The highest BCUT2D eigenvalue weighted by atomic mass is 16.2. The minimum atomic E-state index is -0.205. The summed E-state index contributed by atoms with van der Waals surface area (Å²) in [5.41, 5.74) is 2.10. The summed E-state index contributed by atoms with van der Waals surface area (Å²) in [5.74, 6) is -0.0826. The second-order valence-corrected chi connectivity index (χ2v) is 4.65. The summed E-state index contributed by atoms with van der Waals surface area (Å²) in [6.07, 6.45) is 1.40. The van der Waals surface area contributed by atoms with Crippen molar-refractivity contribution in [3.05, 3.63) is 29.3 Å². The van der Waals surface area contributed by atoms with Gasteiger partial charge in [-0.15, -0.1) is 0 Å². The average molecular weight is 218 g/mol. The lowest BCUT2D eigenvalue weighted by atomic mass is 9.87. The van der Waals surface area contributed by atoms with Crippen molar-refractivity contribution >= 4 is 18.0 Å². The van der Waals surface area contributed by atoms with E-state index in [1.165, 1.54) is 0 Å². The van der Waals surface area contributed by atoms with Gasteiger partial charge in [0.2, 0.25) is 6.41 Å². The van der Waals surface area contributed by atoms with Crippen molar-refractivity contribution in [1.29, 1.82) is 0 Å². The Kier molecular flexibility index (Phi) is 2.42. The molecule has 0 unspecified atom stereocenters. The van der Waals surface area contributed by atoms with Gasteiger partial charge in [-0.1, -0.05) is 6.07 Å². The summed E-state index contributed by atoms with van der Waals surface area (Å²) in [6, 6.07) is 5.40. The lowest BCUT2D eigenvalue weighted by molar-refractivity contribution is -0.105. The fourth-order valence-corrected chi connectivity index (χ4v) is 1.99. The smallest absolute Gasteiger partial charge is 0.252 e. The molecule has 2 N–H and O–H groups in total. The van der Waals surface area contributed by atoms with Crippen LogP contribution in [0.5, 0.6) is 0 Å². The number of carbonyl (C=O) groups is 2. The van der Waals surface area contributed by atoms with Crippen LogP contribution in [-0.2, 0) is 11.2 Å². The van der Waals surface area contributed by atoms with Crippen LogP contribution in [0, 0.1) is 0 Å². The number of hydrogen-bond acceptors (Lipinski definition) is 2. The van der Waals surface area contributed by atoms with E-state index in [0.717, 1.165) is 12.0 Å². The summed E-state index contributed by atoms with van der Waals surface area (Å²) < 4.78 is 0. The number of anilines is 1. The van der Waals surface area contributed by atoms with Crippen molar-refractivity contribution in [2.75, 3.05) is 5.32 Å². The molecule has 0 aliphatic carbocycles. The Morgan fingerprint density at radius 3 is 2.88 bits per heavy atom. The van der Waals surface area contributed by atoms with E-state index in [0.29, 0.717) is 17.7 Å². The van der Waals surface area contributed by atoms with Gasteiger partial charge in [0, 0.05) is 16.8 Å². The summed E-state index contributed by atoms with van der Waals surface area (Å²) in [4.78, 5) is 22.1. The predicted octanol–water partition coefficient (Wildman–Crippen LogP) is 1.32. The molecule has 0 aromatic heterocycles. The molecule has 4 nitrogen and oxygen atoms in total. The lowest BCUT2D eigenvalue weighted by Crippen LogP contribution is -2.49. The standard InChI is InChI=1S/C12H14N2O2/c1-12(2)6-8-3-4-9(13-7-15)5-10(8)11(16)14-12/h3-5,7H,6H2,1-2H3,(H,13,15)(H,14,16). The molecule has 4 heteroatoms. The molecule has 1 aliphatic rings. The normalized spacial score (nSPS) is 17.2. The molecule has 0 bridgehead atoms.